The molecule has 0 aromatic rings. The molecule has 1 aliphatic carbocycles. The number of hydrogen-bond acceptors (Lipinski definition) is 3. The van der Waals surface area contributed by atoms with E-state index in [1.54, 1.807) is 0 Å². The Balaban J connectivity index is 2.03. The van der Waals surface area contributed by atoms with Gasteiger partial charge in [-0.1, -0.05) is 0 Å². The van der Waals surface area contributed by atoms with Gasteiger partial charge in [-0.2, -0.15) is 0 Å². The highest BCUT2D eigenvalue weighted by Gasteiger charge is 2.48. The van der Waals surface area contributed by atoms with Gasteiger partial charge >= 0.3 is 5.97 Å². The predicted molar refractivity (Wildman–Crippen MR) is 58.0 cm³/mol. The minimum absolute atomic E-state index is 0.125. The Morgan fingerprint density at radius 3 is 2.38 bits per heavy atom. The quantitative estimate of drug-likeness (QED) is 0.638. The second-order valence-corrected chi connectivity index (χ2v) is 5.18. The molecule has 2 rings (SSSR count). The van der Waals surface area contributed by atoms with Crippen molar-refractivity contribution >= 4 is 11.9 Å². The Hall–Kier alpha value is -1.10. The third-order valence-corrected chi connectivity index (χ3v) is 3.89. The number of amides is 1. The summed E-state index contributed by atoms with van der Waals surface area (Å²) in [5, 5.41) is 15.0. The van der Waals surface area contributed by atoms with Crippen LogP contribution in [0, 0.1) is 5.41 Å². The van der Waals surface area contributed by atoms with E-state index in [1.165, 1.54) is 0 Å². The molecule has 0 spiro atoms. The lowest BCUT2D eigenvalue weighted by atomic mass is 9.75. The molecule has 0 bridgehead atoms. The Labute approximate surface area is 94.6 Å². The zero-order chi connectivity index (χ0) is 11.8. The first kappa shape index (κ1) is 11.4. The van der Waals surface area contributed by atoms with Gasteiger partial charge in [-0.05, 0) is 39.2 Å². The molecule has 0 aromatic heterocycles. The standard InChI is InChI=1S/C11H18N2O3/c1-10(5-6-12-7-10)8(14)13-11(9(15)16)3-2-4-11/h12H,2-7H2,1H3,(H,13,14)(H,15,16). The number of rotatable bonds is 3. The van der Waals surface area contributed by atoms with Crippen LogP contribution in [-0.2, 0) is 9.59 Å². The van der Waals surface area contributed by atoms with Crippen molar-refractivity contribution in [1.29, 1.82) is 0 Å². The van der Waals surface area contributed by atoms with Crippen molar-refractivity contribution in [2.24, 2.45) is 5.41 Å². The Bertz CT molecular complexity index is 317. The number of hydrogen-bond donors (Lipinski definition) is 3. The van der Waals surface area contributed by atoms with Gasteiger partial charge in [-0.25, -0.2) is 4.79 Å². The van der Waals surface area contributed by atoms with E-state index in [2.05, 4.69) is 10.6 Å². The van der Waals surface area contributed by atoms with E-state index in [4.69, 9.17) is 5.11 Å². The Morgan fingerprint density at radius 2 is 2.00 bits per heavy atom. The number of carboxylic acid groups (broad SMARTS) is 1. The maximum Gasteiger partial charge on any atom is 0.329 e. The van der Waals surface area contributed by atoms with Gasteiger partial charge in [0.25, 0.3) is 0 Å². The zero-order valence-corrected chi connectivity index (χ0v) is 9.51. The molecule has 1 amide bonds. The molecule has 1 heterocycles. The largest absolute Gasteiger partial charge is 0.480 e. The number of carbonyl (C=O) groups is 2. The van der Waals surface area contributed by atoms with E-state index < -0.39 is 16.9 Å². The van der Waals surface area contributed by atoms with Crippen LogP contribution in [0.15, 0.2) is 0 Å². The molecule has 0 aromatic carbocycles. The minimum atomic E-state index is -0.983. The molecular formula is C11H18N2O3. The molecule has 5 heteroatoms. The molecule has 5 nitrogen and oxygen atoms in total. The lowest BCUT2D eigenvalue weighted by molar-refractivity contribution is -0.153. The summed E-state index contributed by atoms with van der Waals surface area (Å²) in [5.74, 6) is -1.03. The van der Waals surface area contributed by atoms with Gasteiger partial charge in [0.05, 0.1) is 5.41 Å². The summed E-state index contributed by atoms with van der Waals surface area (Å²) in [4.78, 5) is 23.2. The van der Waals surface area contributed by atoms with Crippen molar-refractivity contribution in [2.75, 3.05) is 13.1 Å². The fourth-order valence-corrected chi connectivity index (χ4v) is 2.30. The number of carbonyl (C=O) groups excluding carboxylic acids is 1. The summed E-state index contributed by atoms with van der Waals surface area (Å²) in [6.45, 7) is 3.34. The van der Waals surface area contributed by atoms with Crippen LogP contribution >= 0.6 is 0 Å². The van der Waals surface area contributed by atoms with E-state index >= 15 is 0 Å². The monoisotopic (exact) mass is 226 g/mol. The molecular weight excluding hydrogens is 208 g/mol. The molecule has 1 unspecified atom stereocenters. The summed E-state index contributed by atoms with van der Waals surface area (Å²) in [6.07, 6.45) is 2.76. The first-order valence-electron chi connectivity index (χ1n) is 5.75. The van der Waals surface area contributed by atoms with E-state index in [0.29, 0.717) is 19.4 Å². The molecule has 90 valence electrons. The van der Waals surface area contributed by atoms with E-state index in [-0.39, 0.29) is 5.91 Å². The lowest BCUT2D eigenvalue weighted by Gasteiger charge is -2.40. The van der Waals surface area contributed by atoms with Crippen LogP contribution in [0.3, 0.4) is 0 Å². The maximum absolute atomic E-state index is 12.1. The SMILES string of the molecule is CC1(C(=O)NC2(C(=O)O)CCC2)CCNC1. The lowest BCUT2D eigenvalue weighted by Crippen LogP contribution is -2.61. The van der Waals surface area contributed by atoms with Gasteiger partial charge in [0, 0.05) is 6.54 Å². The van der Waals surface area contributed by atoms with Gasteiger partial charge in [0.2, 0.25) is 5.91 Å². The fraction of sp³-hybridized carbons (Fsp3) is 0.818. The van der Waals surface area contributed by atoms with Gasteiger partial charge < -0.3 is 15.7 Å². The van der Waals surface area contributed by atoms with E-state index in [0.717, 1.165) is 19.4 Å². The molecule has 1 atom stereocenters. The van der Waals surface area contributed by atoms with Crippen molar-refractivity contribution < 1.29 is 14.7 Å². The van der Waals surface area contributed by atoms with Gasteiger partial charge in [-0.15, -0.1) is 0 Å². The van der Waals surface area contributed by atoms with Gasteiger partial charge in [0.1, 0.15) is 5.54 Å². The molecule has 2 fully saturated rings. The smallest absolute Gasteiger partial charge is 0.329 e. The minimum Gasteiger partial charge on any atom is -0.480 e. The summed E-state index contributed by atoms with van der Waals surface area (Å²) in [7, 11) is 0. The first-order chi connectivity index (χ1) is 7.49. The van der Waals surface area contributed by atoms with Crippen molar-refractivity contribution in [3.63, 3.8) is 0 Å². The van der Waals surface area contributed by atoms with Crippen LogP contribution in [0.25, 0.3) is 0 Å². The molecule has 1 saturated heterocycles. The molecule has 16 heavy (non-hydrogen) atoms. The highest BCUT2D eigenvalue weighted by atomic mass is 16.4. The molecule has 0 radical (unpaired) electrons. The topological polar surface area (TPSA) is 78.4 Å². The zero-order valence-electron chi connectivity index (χ0n) is 9.51. The second kappa shape index (κ2) is 3.73. The molecule has 1 aliphatic heterocycles. The van der Waals surface area contributed by atoms with Gasteiger partial charge in [-0.3, -0.25) is 4.79 Å². The number of carboxylic acids is 1. The first-order valence-corrected chi connectivity index (χ1v) is 5.75. The summed E-state index contributed by atoms with van der Waals surface area (Å²) < 4.78 is 0. The van der Waals surface area contributed by atoms with Crippen molar-refractivity contribution in [2.45, 2.75) is 38.1 Å². The molecule has 2 aliphatic rings. The van der Waals surface area contributed by atoms with Crippen LogP contribution in [0.4, 0.5) is 0 Å². The third kappa shape index (κ3) is 1.69. The summed E-state index contributed by atoms with van der Waals surface area (Å²) >= 11 is 0. The summed E-state index contributed by atoms with van der Waals surface area (Å²) in [5.41, 5.74) is -1.43. The average Bonchev–Trinajstić information content (AvgIpc) is 2.59. The van der Waals surface area contributed by atoms with Crippen molar-refractivity contribution in [3.05, 3.63) is 0 Å². The fourth-order valence-electron chi connectivity index (χ4n) is 2.30. The highest BCUT2D eigenvalue weighted by Crippen LogP contribution is 2.34. The van der Waals surface area contributed by atoms with Crippen LogP contribution < -0.4 is 10.6 Å². The number of nitrogens with one attached hydrogen (secondary N) is 2. The van der Waals surface area contributed by atoms with Crippen LogP contribution in [0.5, 0.6) is 0 Å². The summed E-state index contributed by atoms with van der Waals surface area (Å²) in [6, 6.07) is 0. The molecule has 3 N–H and O–H groups in total. The predicted octanol–water partition coefficient (Wildman–Crippen LogP) is 0.109. The third-order valence-electron chi connectivity index (χ3n) is 3.89. The maximum atomic E-state index is 12.1. The van der Waals surface area contributed by atoms with E-state index in [9.17, 15) is 9.59 Å². The Morgan fingerprint density at radius 1 is 1.31 bits per heavy atom. The number of aliphatic carboxylic acids is 1. The second-order valence-electron chi connectivity index (χ2n) is 5.18. The van der Waals surface area contributed by atoms with Gasteiger partial charge in [0.15, 0.2) is 0 Å². The van der Waals surface area contributed by atoms with Crippen molar-refractivity contribution in [3.8, 4) is 0 Å². The Kier molecular flexibility index (Phi) is 2.66. The van der Waals surface area contributed by atoms with Crippen LogP contribution in [0.1, 0.15) is 32.6 Å². The highest BCUT2D eigenvalue weighted by molar-refractivity contribution is 5.90. The van der Waals surface area contributed by atoms with Crippen molar-refractivity contribution in [1.82, 2.24) is 10.6 Å². The van der Waals surface area contributed by atoms with E-state index in [1.807, 2.05) is 6.92 Å². The van der Waals surface area contributed by atoms with Crippen LogP contribution in [-0.4, -0.2) is 35.6 Å². The average molecular weight is 226 g/mol. The van der Waals surface area contributed by atoms with Crippen LogP contribution in [0.2, 0.25) is 0 Å². The molecule has 1 saturated carbocycles. The normalized spacial score (nSPS) is 31.8.